The van der Waals surface area contributed by atoms with E-state index in [1.165, 1.54) is 22.2 Å². The van der Waals surface area contributed by atoms with Crippen LogP contribution in [0, 0.1) is 12.8 Å². The lowest BCUT2D eigenvalue weighted by molar-refractivity contribution is -0.142. The molecule has 6 heterocycles. The predicted octanol–water partition coefficient (Wildman–Crippen LogP) is 4.51. The second-order valence-corrected chi connectivity index (χ2v) is 14.2. The van der Waals surface area contributed by atoms with E-state index in [0.29, 0.717) is 66.4 Å². The summed E-state index contributed by atoms with van der Waals surface area (Å²) in [5.74, 6) is -0.724. The Morgan fingerprint density at radius 2 is 1.81 bits per heavy atom. The van der Waals surface area contributed by atoms with E-state index >= 15 is 0 Å². The highest BCUT2D eigenvalue weighted by Gasteiger charge is 2.42. The summed E-state index contributed by atoms with van der Waals surface area (Å²) >= 11 is 7.76. The molecular formula is C35H36ClN7O4S. The van der Waals surface area contributed by atoms with Crippen LogP contribution in [-0.2, 0) is 18.4 Å². The Bertz CT molecular complexity index is 2030. The van der Waals surface area contributed by atoms with Crippen molar-refractivity contribution in [2.75, 3.05) is 26.2 Å². The van der Waals surface area contributed by atoms with Crippen LogP contribution in [0.2, 0.25) is 5.15 Å². The van der Waals surface area contributed by atoms with Crippen molar-refractivity contribution < 1.29 is 14.7 Å². The largest absolute Gasteiger partial charge is 0.388 e. The molecule has 2 aliphatic rings. The van der Waals surface area contributed by atoms with E-state index in [0.717, 1.165) is 16.8 Å². The second-order valence-electron chi connectivity index (χ2n) is 12.9. The number of fused-ring (bicyclic) bond motifs is 1. The molecule has 0 radical (unpaired) electrons. The molecule has 248 valence electrons. The molecule has 5 aromatic rings. The molecule has 1 aromatic carbocycles. The summed E-state index contributed by atoms with van der Waals surface area (Å²) in [6.07, 6.45) is 6.18. The van der Waals surface area contributed by atoms with Crippen LogP contribution in [0.3, 0.4) is 0 Å². The topological polar surface area (TPSA) is 126 Å². The lowest BCUT2D eigenvalue weighted by atomic mass is 9.79. The van der Waals surface area contributed by atoms with Gasteiger partial charge in [-0.2, -0.15) is 0 Å². The minimum absolute atomic E-state index is 0.0209. The van der Waals surface area contributed by atoms with Crippen LogP contribution in [0.1, 0.15) is 46.1 Å². The molecule has 4 aromatic heterocycles. The van der Waals surface area contributed by atoms with Gasteiger partial charge in [-0.15, -0.1) is 11.3 Å². The first-order valence-electron chi connectivity index (χ1n) is 16.1. The second kappa shape index (κ2) is 12.9. The molecular weight excluding hydrogens is 650 g/mol. The van der Waals surface area contributed by atoms with Gasteiger partial charge >= 0.3 is 0 Å². The molecule has 2 saturated heterocycles. The molecule has 48 heavy (non-hydrogen) atoms. The quantitative estimate of drug-likeness (QED) is 0.279. The first-order chi connectivity index (χ1) is 23.1. The third-order valence-corrected chi connectivity index (χ3v) is 11.2. The number of amides is 2. The molecule has 13 heteroatoms. The van der Waals surface area contributed by atoms with E-state index in [9.17, 15) is 19.5 Å². The lowest BCUT2D eigenvalue weighted by Crippen LogP contribution is -2.53. The van der Waals surface area contributed by atoms with Gasteiger partial charge in [0, 0.05) is 68.7 Å². The molecule has 0 aliphatic carbocycles. The Morgan fingerprint density at radius 3 is 2.54 bits per heavy atom. The molecule has 7 rings (SSSR count). The number of hydrogen-bond donors (Lipinski definition) is 1. The summed E-state index contributed by atoms with van der Waals surface area (Å²) in [7, 11) is 1.83. The third kappa shape index (κ3) is 6.15. The van der Waals surface area contributed by atoms with Crippen LogP contribution < -0.4 is 5.56 Å². The summed E-state index contributed by atoms with van der Waals surface area (Å²) < 4.78 is 3.26. The fraction of sp³-hybridized carbons (Fsp3) is 0.371. The highest BCUT2D eigenvalue weighted by Crippen LogP contribution is 2.38. The monoisotopic (exact) mass is 685 g/mol. The van der Waals surface area contributed by atoms with E-state index < -0.39 is 5.60 Å². The Kier molecular flexibility index (Phi) is 8.65. The number of aliphatic hydroxyl groups is 1. The van der Waals surface area contributed by atoms with Crippen molar-refractivity contribution in [3.8, 4) is 10.6 Å². The molecule has 0 saturated carbocycles. The average molecular weight is 686 g/mol. The fourth-order valence-electron chi connectivity index (χ4n) is 6.91. The average Bonchev–Trinajstić information content (AvgIpc) is 3.68. The first-order valence-corrected chi connectivity index (χ1v) is 17.2. The van der Waals surface area contributed by atoms with Crippen molar-refractivity contribution in [3.63, 3.8) is 0 Å². The van der Waals surface area contributed by atoms with E-state index in [4.69, 9.17) is 11.6 Å². The lowest BCUT2D eigenvalue weighted by Gasteiger charge is -2.43. The van der Waals surface area contributed by atoms with Crippen molar-refractivity contribution in [1.29, 1.82) is 0 Å². The van der Waals surface area contributed by atoms with E-state index in [2.05, 4.69) is 15.0 Å². The normalized spacial score (nSPS) is 19.5. The van der Waals surface area contributed by atoms with Gasteiger partial charge in [0.2, 0.25) is 5.91 Å². The van der Waals surface area contributed by atoms with Crippen LogP contribution in [0.5, 0.6) is 0 Å². The van der Waals surface area contributed by atoms with Crippen LogP contribution in [0.15, 0.2) is 72.0 Å². The summed E-state index contributed by atoms with van der Waals surface area (Å²) in [5, 5.41) is 12.8. The summed E-state index contributed by atoms with van der Waals surface area (Å²) in [6, 6.07) is 15.4. The van der Waals surface area contributed by atoms with Crippen molar-refractivity contribution in [1.82, 2.24) is 33.9 Å². The van der Waals surface area contributed by atoms with Gasteiger partial charge in [-0.25, -0.2) is 9.97 Å². The number of benzene rings is 1. The Balaban J connectivity index is 1.05. The van der Waals surface area contributed by atoms with Gasteiger partial charge in [-0.05, 0) is 49.9 Å². The zero-order valence-corrected chi connectivity index (χ0v) is 28.3. The maximum atomic E-state index is 14.1. The van der Waals surface area contributed by atoms with E-state index in [1.807, 2.05) is 61.3 Å². The van der Waals surface area contributed by atoms with Crippen LogP contribution in [0.4, 0.5) is 0 Å². The Morgan fingerprint density at radius 1 is 1.04 bits per heavy atom. The van der Waals surface area contributed by atoms with Crippen molar-refractivity contribution >= 4 is 45.8 Å². The van der Waals surface area contributed by atoms with Gasteiger partial charge in [0.15, 0.2) is 5.15 Å². The molecule has 0 unspecified atom stereocenters. The maximum Gasteiger partial charge on any atom is 0.267 e. The van der Waals surface area contributed by atoms with E-state index in [1.54, 1.807) is 27.9 Å². The number of carbonyl (C=O) groups excluding carboxylic acids is 2. The van der Waals surface area contributed by atoms with Gasteiger partial charge in [0.05, 0.1) is 17.5 Å². The number of halogens is 1. The van der Waals surface area contributed by atoms with Crippen LogP contribution >= 0.6 is 22.9 Å². The minimum Gasteiger partial charge on any atom is -0.388 e. The van der Waals surface area contributed by atoms with Gasteiger partial charge < -0.3 is 19.5 Å². The maximum absolute atomic E-state index is 14.1. The number of thiazole rings is 1. The number of nitrogens with zero attached hydrogens (tertiary/aromatic N) is 7. The number of likely N-dealkylation sites (tertiary alicyclic amines) is 2. The van der Waals surface area contributed by atoms with Crippen molar-refractivity contribution in [2.24, 2.45) is 13.0 Å². The number of carbonyl (C=O) groups is 2. The molecule has 2 aliphatic heterocycles. The smallest absolute Gasteiger partial charge is 0.267 e. The fourth-order valence-corrected chi connectivity index (χ4v) is 8.16. The highest BCUT2D eigenvalue weighted by molar-refractivity contribution is 7.17. The zero-order chi connectivity index (χ0) is 33.6. The molecule has 0 spiro atoms. The van der Waals surface area contributed by atoms with Crippen LogP contribution in [-0.4, -0.2) is 82.6 Å². The molecule has 0 bridgehead atoms. The minimum atomic E-state index is -1.14. The molecule has 1 N–H and O–H groups in total. The number of aryl methyl sites for hydroxylation is 2. The number of piperidine rings is 2. The number of hydrogen-bond acceptors (Lipinski definition) is 8. The number of pyridine rings is 1. The molecule has 2 amide bonds. The highest BCUT2D eigenvalue weighted by atomic mass is 35.5. The third-order valence-electron chi connectivity index (χ3n) is 9.70. The first kappa shape index (κ1) is 32.2. The Labute approximate surface area is 286 Å². The molecule has 11 nitrogen and oxygen atoms in total. The number of rotatable bonds is 6. The summed E-state index contributed by atoms with van der Waals surface area (Å²) in [4.78, 5) is 58.2. The summed E-state index contributed by atoms with van der Waals surface area (Å²) in [5.41, 5.74) is 1.95. The predicted molar refractivity (Wildman–Crippen MR) is 184 cm³/mol. The van der Waals surface area contributed by atoms with Crippen molar-refractivity contribution in [2.45, 2.75) is 44.2 Å². The molecule has 2 fully saturated rings. The zero-order valence-electron chi connectivity index (χ0n) is 26.8. The number of aromatic nitrogens is 5. The van der Waals surface area contributed by atoms with Gasteiger partial charge in [-0.3, -0.25) is 23.9 Å². The SMILES string of the molecule is Cc1ccc(-c2nc(Cl)c(C(=O)N3CC[C@@H](C(=O)N4CCC(O)(Cn5cnc6c(ccn6C)c5=O)CC4)[C@H](c4ccccc4)C3)s2)cn1. The van der Waals surface area contributed by atoms with Gasteiger partial charge in [-0.1, -0.05) is 41.9 Å². The van der Waals surface area contributed by atoms with Crippen LogP contribution in [0.25, 0.3) is 21.6 Å². The Hall–Kier alpha value is -4.39. The van der Waals surface area contributed by atoms with Crippen molar-refractivity contribution in [3.05, 3.63) is 98.9 Å². The van der Waals surface area contributed by atoms with E-state index in [-0.39, 0.29) is 40.9 Å². The summed E-state index contributed by atoms with van der Waals surface area (Å²) in [6.45, 7) is 3.54. The van der Waals surface area contributed by atoms with Gasteiger partial charge in [0.25, 0.3) is 11.5 Å². The van der Waals surface area contributed by atoms with Gasteiger partial charge in [0.1, 0.15) is 21.9 Å². The molecule has 2 atom stereocenters. The standard InChI is InChI=1S/C35H36ClN7O4S/c1-22-8-9-24(18-37-22)31-39-29(36)28(48-31)34(46)42-15-11-25(27(19-42)23-6-4-3-5-7-23)32(44)41-16-12-35(47,13-17-41)20-43-21-38-30-26(33(43)45)10-14-40(30)2/h3-10,14,18,21,25,27,47H,11-13,15-17,19-20H2,1-2H3/t25-,27+/m1/s1.